The second-order valence-electron chi connectivity index (χ2n) is 6.81. The van der Waals surface area contributed by atoms with Gasteiger partial charge >= 0.3 is 11.8 Å². The van der Waals surface area contributed by atoms with Crippen molar-refractivity contribution in [3.8, 4) is 22.9 Å². The number of nitrogens with zero attached hydrogens (tertiary/aromatic N) is 2. The molecule has 1 amide bonds. The van der Waals surface area contributed by atoms with E-state index >= 15 is 0 Å². The van der Waals surface area contributed by atoms with Gasteiger partial charge in [-0.1, -0.05) is 70.8 Å². The van der Waals surface area contributed by atoms with Gasteiger partial charge in [-0.3, -0.25) is 4.79 Å². The van der Waals surface area contributed by atoms with Gasteiger partial charge in [-0.2, -0.15) is 4.98 Å². The summed E-state index contributed by atoms with van der Waals surface area (Å²) in [4.78, 5) is 16.4. The second-order valence-corrected chi connectivity index (χ2v) is 7.63. The molecule has 4 rings (SSSR count). The molecule has 7 nitrogen and oxygen atoms in total. The minimum atomic E-state index is -0.524. The van der Waals surface area contributed by atoms with Gasteiger partial charge in [0.1, 0.15) is 12.4 Å². The number of benzene rings is 3. The quantitative estimate of drug-likeness (QED) is 0.383. The zero-order valence-corrected chi connectivity index (χ0v) is 18.1. The van der Waals surface area contributed by atoms with Crippen molar-refractivity contribution in [2.45, 2.75) is 13.2 Å². The van der Waals surface area contributed by atoms with E-state index in [9.17, 15) is 9.90 Å². The molecule has 1 aromatic heterocycles. The van der Waals surface area contributed by atoms with Gasteiger partial charge in [0, 0.05) is 12.1 Å². The van der Waals surface area contributed by atoms with Crippen LogP contribution in [0.5, 0.6) is 11.5 Å². The first kappa shape index (κ1) is 21.7. The summed E-state index contributed by atoms with van der Waals surface area (Å²) in [5, 5.41) is 16.2. The first-order valence-corrected chi connectivity index (χ1v) is 10.3. The first-order chi connectivity index (χ1) is 15.5. The van der Waals surface area contributed by atoms with E-state index in [0.717, 1.165) is 16.9 Å². The minimum absolute atomic E-state index is 0.0412. The van der Waals surface area contributed by atoms with Crippen LogP contribution in [0.3, 0.4) is 0 Å². The molecule has 9 heteroatoms. The van der Waals surface area contributed by atoms with Crippen molar-refractivity contribution in [3.63, 3.8) is 0 Å². The van der Waals surface area contributed by atoms with Gasteiger partial charge in [0.15, 0.2) is 5.75 Å². The summed E-state index contributed by atoms with van der Waals surface area (Å²) in [5.41, 5.74) is 2.37. The van der Waals surface area contributed by atoms with Crippen LogP contribution < -0.4 is 10.1 Å². The molecule has 0 unspecified atom stereocenters. The summed E-state index contributed by atoms with van der Waals surface area (Å²) in [6.45, 7) is 0.750. The number of phenolic OH excluding ortho intramolecular Hbond substituents is 1. The Bertz CT molecular complexity index is 1200. The molecule has 0 saturated heterocycles. The molecular formula is C23H17Cl2N3O4. The summed E-state index contributed by atoms with van der Waals surface area (Å²) in [5.74, 6) is -0.113. The van der Waals surface area contributed by atoms with Gasteiger partial charge in [0.25, 0.3) is 0 Å². The number of ether oxygens (including phenoxy) is 1. The van der Waals surface area contributed by atoms with E-state index in [-0.39, 0.29) is 34.1 Å². The first-order valence-electron chi connectivity index (χ1n) is 9.55. The molecule has 0 fully saturated rings. The van der Waals surface area contributed by atoms with Crippen molar-refractivity contribution in [1.29, 1.82) is 0 Å². The lowest BCUT2D eigenvalue weighted by Crippen LogP contribution is -2.23. The van der Waals surface area contributed by atoms with Gasteiger partial charge in [-0.05, 0) is 35.4 Å². The molecule has 162 valence electrons. The SMILES string of the molecule is O=C(NCc1ccc(OCc2ccccc2)cc1)c1nc(-c2cc(Cl)c(O)c(Cl)c2)no1. The fourth-order valence-electron chi connectivity index (χ4n) is 2.83. The highest BCUT2D eigenvalue weighted by Crippen LogP contribution is 2.35. The van der Waals surface area contributed by atoms with Crippen LogP contribution in [0.25, 0.3) is 11.4 Å². The van der Waals surface area contributed by atoms with E-state index < -0.39 is 5.91 Å². The fourth-order valence-corrected chi connectivity index (χ4v) is 3.32. The lowest BCUT2D eigenvalue weighted by atomic mass is 10.2. The van der Waals surface area contributed by atoms with Gasteiger partial charge in [0.05, 0.1) is 10.0 Å². The van der Waals surface area contributed by atoms with Gasteiger partial charge < -0.3 is 19.7 Å². The monoisotopic (exact) mass is 469 g/mol. The van der Waals surface area contributed by atoms with Crippen LogP contribution >= 0.6 is 23.2 Å². The van der Waals surface area contributed by atoms with Gasteiger partial charge in [-0.15, -0.1) is 0 Å². The van der Waals surface area contributed by atoms with Crippen LogP contribution in [0.15, 0.2) is 71.3 Å². The number of hydrogen-bond acceptors (Lipinski definition) is 6. The zero-order valence-electron chi connectivity index (χ0n) is 16.6. The predicted octanol–water partition coefficient (Wildman–Crippen LogP) is 5.26. The van der Waals surface area contributed by atoms with E-state index in [1.807, 2.05) is 54.6 Å². The van der Waals surface area contributed by atoms with Crippen molar-refractivity contribution in [1.82, 2.24) is 15.5 Å². The average Bonchev–Trinajstić information content (AvgIpc) is 3.31. The number of aromatic hydroxyl groups is 1. The molecule has 0 spiro atoms. The maximum atomic E-state index is 12.4. The summed E-state index contributed by atoms with van der Waals surface area (Å²) in [6, 6.07) is 20.1. The van der Waals surface area contributed by atoms with Crippen molar-refractivity contribution in [2.24, 2.45) is 0 Å². The molecule has 1 heterocycles. The van der Waals surface area contributed by atoms with Crippen LogP contribution in [0, 0.1) is 0 Å². The molecule has 0 aliphatic carbocycles. The summed E-state index contributed by atoms with van der Waals surface area (Å²) in [7, 11) is 0. The molecule has 4 aromatic rings. The molecular weight excluding hydrogens is 453 g/mol. The maximum absolute atomic E-state index is 12.4. The number of nitrogens with one attached hydrogen (secondary N) is 1. The van der Waals surface area contributed by atoms with Crippen LogP contribution in [0.1, 0.15) is 21.8 Å². The van der Waals surface area contributed by atoms with E-state index in [1.165, 1.54) is 12.1 Å². The third kappa shape index (κ3) is 5.19. The van der Waals surface area contributed by atoms with E-state index in [0.29, 0.717) is 12.2 Å². The van der Waals surface area contributed by atoms with E-state index in [1.54, 1.807) is 0 Å². The lowest BCUT2D eigenvalue weighted by molar-refractivity contribution is 0.0907. The Morgan fingerprint density at radius 1 is 1.00 bits per heavy atom. The molecule has 32 heavy (non-hydrogen) atoms. The van der Waals surface area contributed by atoms with Crippen molar-refractivity contribution in [3.05, 3.63) is 93.8 Å². The van der Waals surface area contributed by atoms with E-state index in [2.05, 4.69) is 15.5 Å². The third-order valence-corrected chi connectivity index (χ3v) is 5.10. The number of rotatable bonds is 7. The summed E-state index contributed by atoms with van der Waals surface area (Å²) in [6.07, 6.45) is 0. The summed E-state index contributed by atoms with van der Waals surface area (Å²) >= 11 is 11.8. The molecule has 0 bridgehead atoms. The Morgan fingerprint density at radius 2 is 1.69 bits per heavy atom. The smallest absolute Gasteiger partial charge is 0.316 e. The van der Waals surface area contributed by atoms with Crippen LogP contribution in [0.4, 0.5) is 0 Å². The third-order valence-electron chi connectivity index (χ3n) is 4.52. The molecule has 0 saturated carbocycles. The predicted molar refractivity (Wildman–Crippen MR) is 120 cm³/mol. The summed E-state index contributed by atoms with van der Waals surface area (Å²) < 4.78 is 10.8. The average molecular weight is 470 g/mol. The lowest BCUT2D eigenvalue weighted by Gasteiger charge is -2.07. The normalized spacial score (nSPS) is 10.7. The minimum Gasteiger partial charge on any atom is -0.505 e. The zero-order chi connectivity index (χ0) is 22.5. The van der Waals surface area contributed by atoms with Gasteiger partial charge in [0.2, 0.25) is 5.82 Å². The highest BCUT2D eigenvalue weighted by atomic mass is 35.5. The van der Waals surface area contributed by atoms with E-state index in [4.69, 9.17) is 32.5 Å². The van der Waals surface area contributed by atoms with Crippen molar-refractivity contribution >= 4 is 29.1 Å². The largest absolute Gasteiger partial charge is 0.505 e. The highest BCUT2D eigenvalue weighted by Gasteiger charge is 2.18. The number of carbonyl (C=O) groups is 1. The second kappa shape index (κ2) is 9.72. The number of aromatic nitrogens is 2. The number of amides is 1. The maximum Gasteiger partial charge on any atom is 0.316 e. The van der Waals surface area contributed by atoms with Crippen LogP contribution in [0.2, 0.25) is 10.0 Å². The van der Waals surface area contributed by atoms with Gasteiger partial charge in [-0.25, -0.2) is 0 Å². The van der Waals surface area contributed by atoms with Crippen LogP contribution in [-0.4, -0.2) is 21.2 Å². The fraction of sp³-hybridized carbons (Fsp3) is 0.0870. The number of carbonyl (C=O) groups excluding carboxylic acids is 1. The molecule has 0 radical (unpaired) electrons. The van der Waals surface area contributed by atoms with Crippen molar-refractivity contribution in [2.75, 3.05) is 0 Å². The standard InChI is InChI=1S/C23H17Cl2N3O4/c24-18-10-16(11-19(25)20(18)29)21-27-23(32-28-21)22(30)26-12-14-6-8-17(9-7-14)31-13-15-4-2-1-3-5-15/h1-11,29H,12-13H2,(H,26,30). The van der Waals surface area contributed by atoms with Crippen molar-refractivity contribution < 1.29 is 19.2 Å². The Morgan fingerprint density at radius 3 is 2.38 bits per heavy atom. The molecule has 0 aliphatic rings. The number of halogens is 2. The molecule has 0 atom stereocenters. The highest BCUT2D eigenvalue weighted by molar-refractivity contribution is 6.37. The molecule has 3 aromatic carbocycles. The Hall–Kier alpha value is -3.55. The number of hydrogen-bond donors (Lipinski definition) is 2. The van der Waals surface area contributed by atoms with Crippen LogP contribution in [-0.2, 0) is 13.2 Å². The Labute approximate surface area is 193 Å². The molecule has 2 N–H and O–H groups in total. The number of phenols is 1. The molecule has 0 aliphatic heterocycles. The Kier molecular flexibility index (Phi) is 6.58. The Balaban J connectivity index is 1.33. The topological polar surface area (TPSA) is 97.5 Å².